The molecule has 140 valence electrons. The van der Waals surface area contributed by atoms with Crippen LogP contribution in [0, 0.1) is 0 Å². The number of nitrogens with zero attached hydrogens (tertiary/aromatic N) is 2. The fourth-order valence-corrected chi connectivity index (χ4v) is 2.60. The largest absolute Gasteiger partial charge is 0.459 e. The van der Waals surface area contributed by atoms with Crippen LogP contribution in [-0.2, 0) is 17.9 Å². The first kappa shape index (κ1) is 19.7. The number of nitrogens with one attached hydrogen (secondary N) is 1. The van der Waals surface area contributed by atoms with Crippen molar-refractivity contribution < 1.29 is 14.0 Å². The van der Waals surface area contributed by atoms with Gasteiger partial charge < -0.3 is 14.6 Å². The number of furan rings is 1. The van der Waals surface area contributed by atoms with Crippen LogP contribution < -0.4 is 5.32 Å². The number of likely N-dealkylation sites (N-methyl/N-ethyl adjacent to an activating group) is 1. The third kappa shape index (κ3) is 5.74. The van der Waals surface area contributed by atoms with Gasteiger partial charge in [0.15, 0.2) is 5.76 Å². The molecule has 0 bridgehead atoms. The van der Waals surface area contributed by atoms with Crippen LogP contribution in [0.25, 0.3) is 0 Å². The van der Waals surface area contributed by atoms with Gasteiger partial charge >= 0.3 is 0 Å². The average Bonchev–Trinajstić information content (AvgIpc) is 3.19. The van der Waals surface area contributed by atoms with Crippen molar-refractivity contribution in [1.29, 1.82) is 0 Å². The number of hydrogen-bond donors (Lipinski definition) is 1. The number of amides is 2. The summed E-state index contributed by atoms with van der Waals surface area (Å²) < 4.78 is 5.06. The third-order valence-corrected chi connectivity index (χ3v) is 4.27. The fourth-order valence-electron chi connectivity index (χ4n) is 2.60. The first-order chi connectivity index (χ1) is 12.5. The summed E-state index contributed by atoms with van der Waals surface area (Å²) in [6.07, 6.45) is 1.44. The van der Waals surface area contributed by atoms with Crippen LogP contribution >= 0.6 is 0 Å². The molecule has 0 aliphatic heterocycles. The SMILES string of the molecule is CCN(CC)Cc1ccc(CNC(=O)CN(C)C(=O)c2ccco2)cc1. The number of rotatable bonds is 9. The molecule has 0 saturated heterocycles. The molecule has 1 N–H and O–H groups in total. The molecule has 2 amide bonds. The van der Waals surface area contributed by atoms with Crippen molar-refractivity contribution in [2.24, 2.45) is 0 Å². The van der Waals surface area contributed by atoms with Crippen molar-refractivity contribution in [3.8, 4) is 0 Å². The molecular formula is C20H27N3O3. The minimum Gasteiger partial charge on any atom is -0.459 e. The smallest absolute Gasteiger partial charge is 0.289 e. The molecule has 6 heteroatoms. The van der Waals surface area contributed by atoms with Crippen LogP contribution in [0.4, 0.5) is 0 Å². The Bertz CT molecular complexity index is 692. The van der Waals surface area contributed by atoms with Crippen molar-refractivity contribution in [2.75, 3.05) is 26.7 Å². The lowest BCUT2D eigenvalue weighted by Crippen LogP contribution is -2.38. The summed E-state index contributed by atoms with van der Waals surface area (Å²) in [6.45, 7) is 7.71. The zero-order valence-electron chi connectivity index (χ0n) is 15.7. The lowest BCUT2D eigenvalue weighted by atomic mass is 10.1. The van der Waals surface area contributed by atoms with Crippen LogP contribution in [0.2, 0.25) is 0 Å². The van der Waals surface area contributed by atoms with Crippen LogP contribution in [0.1, 0.15) is 35.5 Å². The molecule has 0 fully saturated rings. The van der Waals surface area contributed by atoms with Crippen molar-refractivity contribution >= 4 is 11.8 Å². The van der Waals surface area contributed by atoms with E-state index in [9.17, 15) is 9.59 Å². The molecule has 2 aromatic rings. The monoisotopic (exact) mass is 357 g/mol. The van der Waals surface area contributed by atoms with Gasteiger partial charge in [0.1, 0.15) is 0 Å². The Hall–Kier alpha value is -2.60. The Morgan fingerprint density at radius 2 is 1.69 bits per heavy atom. The second kappa shape index (κ2) is 9.77. The van der Waals surface area contributed by atoms with Gasteiger partial charge in [-0.15, -0.1) is 0 Å². The molecule has 26 heavy (non-hydrogen) atoms. The lowest BCUT2D eigenvalue weighted by molar-refractivity contribution is -0.121. The minimum atomic E-state index is -0.314. The molecule has 1 heterocycles. The molecule has 0 aliphatic carbocycles. The molecule has 0 saturated carbocycles. The average molecular weight is 357 g/mol. The van der Waals surface area contributed by atoms with Gasteiger partial charge in [0.25, 0.3) is 5.91 Å². The van der Waals surface area contributed by atoms with E-state index in [0.717, 1.165) is 25.2 Å². The Balaban J connectivity index is 1.79. The second-order valence-electron chi connectivity index (χ2n) is 6.19. The Kier molecular flexibility index (Phi) is 7.41. The summed E-state index contributed by atoms with van der Waals surface area (Å²) in [5.41, 5.74) is 2.29. The highest BCUT2D eigenvalue weighted by Crippen LogP contribution is 2.08. The summed E-state index contributed by atoms with van der Waals surface area (Å²) in [5, 5.41) is 2.84. The number of carbonyl (C=O) groups excluding carboxylic acids is 2. The minimum absolute atomic E-state index is 0.0143. The van der Waals surface area contributed by atoms with Crippen molar-refractivity contribution in [3.05, 3.63) is 59.5 Å². The zero-order valence-corrected chi connectivity index (χ0v) is 15.7. The van der Waals surface area contributed by atoms with Gasteiger partial charge in [0.05, 0.1) is 12.8 Å². The molecule has 6 nitrogen and oxygen atoms in total. The normalized spacial score (nSPS) is 10.8. The highest BCUT2D eigenvalue weighted by atomic mass is 16.3. The molecule has 0 spiro atoms. The van der Waals surface area contributed by atoms with Gasteiger partial charge in [0, 0.05) is 20.1 Å². The van der Waals surface area contributed by atoms with E-state index < -0.39 is 0 Å². The standard InChI is InChI=1S/C20H27N3O3/c1-4-23(5-2)14-17-10-8-16(9-11-17)13-21-19(24)15-22(3)20(25)18-7-6-12-26-18/h6-12H,4-5,13-15H2,1-3H3,(H,21,24). The van der Waals surface area contributed by atoms with Crippen LogP contribution in [-0.4, -0.2) is 48.3 Å². The number of benzene rings is 1. The van der Waals surface area contributed by atoms with E-state index >= 15 is 0 Å². The Morgan fingerprint density at radius 1 is 1.04 bits per heavy atom. The van der Waals surface area contributed by atoms with Crippen molar-refractivity contribution in [3.63, 3.8) is 0 Å². The van der Waals surface area contributed by atoms with E-state index in [2.05, 4.69) is 36.2 Å². The second-order valence-corrected chi connectivity index (χ2v) is 6.19. The number of carbonyl (C=O) groups is 2. The Labute approximate surface area is 154 Å². The van der Waals surface area contributed by atoms with Crippen molar-refractivity contribution in [1.82, 2.24) is 15.1 Å². The lowest BCUT2D eigenvalue weighted by Gasteiger charge is -2.18. The van der Waals surface area contributed by atoms with Crippen molar-refractivity contribution in [2.45, 2.75) is 26.9 Å². The van der Waals surface area contributed by atoms with E-state index in [1.165, 1.54) is 16.7 Å². The molecule has 2 rings (SSSR count). The quantitative estimate of drug-likeness (QED) is 0.749. The van der Waals surface area contributed by atoms with Gasteiger partial charge in [-0.1, -0.05) is 38.1 Å². The Morgan fingerprint density at radius 3 is 2.27 bits per heavy atom. The predicted molar refractivity (Wildman–Crippen MR) is 101 cm³/mol. The third-order valence-electron chi connectivity index (χ3n) is 4.27. The highest BCUT2D eigenvalue weighted by Gasteiger charge is 2.16. The molecule has 0 radical (unpaired) electrons. The van der Waals surface area contributed by atoms with E-state index in [4.69, 9.17) is 4.42 Å². The zero-order chi connectivity index (χ0) is 18.9. The molecule has 1 aromatic carbocycles. The van der Waals surface area contributed by atoms with E-state index in [0.29, 0.717) is 6.54 Å². The van der Waals surface area contributed by atoms with Crippen LogP contribution in [0.15, 0.2) is 47.1 Å². The molecule has 0 atom stereocenters. The molecule has 1 aromatic heterocycles. The maximum Gasteiger partial charge on any atom is 0.289 e. The van der Waals surface area contributed by atoms with Gasteiger partial charge in [0.2, 0.25) is 5.91 Å². The van der Waals surface area contributed by atoms with Gasteiger partial charge in [-0.25, -0.2) is 0 Å². The fraction of sp³-hybridized carbons (Fsp3) is 0.400. The summed E-state index contributed by atoms with van der Waals surface area (Å²) in [5.74, 6) is -0.297. The number of hydrogen-bond acceptors (Lipinski definition) is 4. The summed E-state index contributed by atoms with van der Waals surface area (Å²) in [7, 11) is 1.58. The topological polar surface area (TPSA) is 65.8 Å². The van der Waals surface area contributed by atoms with Crippen LogP contribution in [0.3, 0.4) is 0 Å². The van der Waals surface area contributed by atoms with E-state index in [1.807, 2.05) is 12.1 Å². The van der Waals surface area contributed by atoms with Gasteiger partial charge in [-0.2, -0.15) is 0 Å². The molecule has 0 unspecified atom stereocenters. The van der Waals surface area contributed by atoms with Gasteiger partial charge in [-0.3, -0.25) is 14.5 Å². The maximum absolute atomic E-state index is 12.0. The molecule has 0 aliphatic rings. The van der Waals surface area contributed by atoms with Gasteiger partial charge in [-0.05, 0) is 36.3 Å². The first-order valence-corrected chi connectivity index (χ1v) is 8.89. The highest BCUT2D eigenvalue weighted by molar-refractivity contribution is 5.94. The molecular weight excluding hydrogens is 330 g/mol. The summed E-state index contributed by atoms with van der Waals surface area (Å²) in [6, 6.07) is 11.5. The predicted octanol–water partition coefficient (Wildman–Crippen LogP) is 2.51. The summed E-state index contributed by atoms with van der Waals surface area (Å²) >= 11 is 0. The van der Waals surface area contributed by atoms with Crippen LogP contribution in [0.5, 0.6) is 0 Å². The van der Waals surface area contributed by atoms with E-state index in [-0.39, 0.29) is 24.1 Å². The maximum atomic E-state index is 12.0. The first-order valence-electron chi connectivity index (χ1n) is 8.89. The summed E-state index contributed by atoms with van der Waals surface area (Å²) in [4.78, 5) is 27.8. The van der Waals surface area contributed by atoms with E-state index in [1.54, 1.807) is 19.2 Å².